The summed E-state index contributed by atoms with van der Waals surface area (Å²) in [7, 11) is 0. The van der Waals surface area contributed by atoms with Crippen molar-refractivity contribution < 1.29 is 0 Å². The normalized spacial score (nSPS) is 14.0. The molecule has 0 rings (SSSR count). The molecule has 0 aromatic heterocycles. The van der Waals surface area contributed by atoms with Crippen molar-refractivity contribution in [2.45, 2.75) is 69.2 Å². The van der Waals surface area contributed by atoms with Crippen molar-refractivity contribution in [2.75, 3.05) is 0 Å². The van der Waals surface area contributed by atoms with Gasteiger partial charge in [0.1, 0.15) is 0 Å². The van der Waals surface area contributed by atoms with Gasteiger partial charge in [-0.3, -0.25) is 0 Å². The van der Waals surface area contributed by atoms with E-state index in [0.29, 0.717) is 5.41 Å². The Morgan fingerprint density at radius 1 is 0.667 bits per heavy atom. The van der Waals surface area contributed by atoms with Crippen LogP contribution in [0.2, 0.25) is 0 Å². The molecule has 0 atom stereocenters. The van der Waals surface area contributed by atoms with E-state index in [0.717, 1.165) is 0 Å². The summed E-state index contributed by atoms with van der Waals surface area (Å²) in [4.78, 5) is 0. The zero-order valence-corrected chi connectivity index (χ0v) is 12.5. The quantitative estimate of drug-likeness (QED) is 0.532. The van der Waals surface area contributed by atoms with Gasteiger partial charge in [-0.15, -0.1) is 0 Å². The molecule has 15 heavy (non-hydrogen) atoms. The summed E-state index contributed by atoms with van der Waals surface area (Å²) in [5, 5.41) is 0. The molecule has 0 N–H and O–H groups in total. The molecule has 0 spiro atoms. The summed E-state index contributed by atoms with van der Waals surface area (Å²) in [6, 6.07) is 0. The van der Waals surface area contributed by atoms with Crippen molar-refractivity contribution in [1.82, 2.24) is 0 Å². The molecule has 0 fully saturated rings. The lowest BCUT2D eigenvalue weighted by atomic mass is 9.53. The van der Waals surface area contributed by atoms with E-state index in [-0.39, 0.29) is 10.8 Å². The zero-order chi connectivity index (χ0) is 12.7. The first-order valence-electron chi connectivity index (χ1n) is 6.00. The number of hydrogen-bond donors (Lipinski definition) is 0. The second kappa shape index (κ2) is 3.96. The monoisotopic (exact) mass is 210 g/mol. The Morgan fingerprint density at radius 2 is 1.00 bits per heavy atom. The Hall–Kier alpha value is -0.260. The molecule has 0 aromatic carbocycles. The average molecular weight is 210 g/mol. The highest BCUT2D eigenvalue weighted by molar-refractivity contribution is 5.20. The molecular formula is C15H30. The van der Waals surface area contributed by atoms with E-state index >= 15 is 0 Å². The lowest BCUT2D eigenvalue weighted by Gasteiger charge is -2.52. The molecule has 0 unspecified atom stereocenters. The van der Waals surface area contributed by atoms with Gasteiger partial charge >= 0.3 is 0 Å². The van der Waals surface area contributed by atoms with E-state index in [2.05, 4.69) is 69.2 Å². The predicted molar refractivity (Wildman–Crippen MR) is 71.1 cm³/mol. The van der Waals surface area contributed by atoms with Gasteiger partial charge in [0.2, 0.25) is 0 Å². The summed E-state index contributed by atoms with van der Waals surface area (Å²) >= 11 is 0. The Bertz CT molecular complexity index is 252. The van der Waals surface area contributed by atoms with Gasteiger partial charge in [0.25, 0.3) is 0 Å². The van der Waals surface area contributed by atoms with Crippen molar-refractivity contribution in [3.63, 3.8) is 0 Å². The first-order chi connectivity index (χ1) is 6.35. The van der Waals surface area contributed by atoms with Crippen LogP contribution >= 0.6 is 0 Å². The third-order valence-corrected chi connectivity index (χ3v) is 5.12. The fourth-order valence-corrected chi connectivity index (χ4v) is 2.03. The fourth-order valence-electron chi connectivity index (χ4n) is 2.03. The highest BCUT2D eigenvalue weighted by Crippen LogP contribution is 2.54. The molecule has 0 amide bonds. The van der Waals surface area contributed by atoms with Crippen LogP contribution in [0.15, 0.2) is 11.1 Å². The van der Waals surface area contributed by atoms with Crippen molar-refractivity contribution in [3.05, 3.63) is 11.1 Å². The van der Waals surface area contributed by atoms with Gasteiger partial charge in [0.05, 0.1) is 0 Å². The molecule has 90 valence electrons. The molecule has 0 aliphatic heterocycles. The van der Waals surface area contributed by atoms with Crippen molar-refractivity contribution in [2.24, 2.45) is 16.2 Å². The molecule has 0 aliphatic rings. The van der Waals surface area contributed by atoms with Gasteiger partial charge in [0, 0.05) is 0 Å². The molecule has 0 radical (unpaired) electrons. The van der Waals surface area contributed by atoms with Crippen LogP contribution in [0.5, 0.6) is 0 Å². The lowest BCUT2D eigenvalue weighted by Crippen LogP contribution is -2.43. The largest absolute Gasteiger partial charge is 0.0769 e. The van der Waals surface area contributed by atoms with E-state index in [1.165, 1.54) is 11.1 Å². The van der Waals surface area contributed by atoms with Crippen molar-refractivity contribution in [1.29, 1.82) is 0 Å². The third-order valence-electron chi connectivity index (χ3n) is 5.12. The molecule has 0 bridgehead atoms. The minimum absolute atomic E-state index is 0.240. The summed E-state index contributed by atoms with van der Waals surface area (Å²) in [5.74, 6) is 0. The predicted octanol–water partition coefficient (Wildman–Crippen LogP) is 5.44. The number of rotatable bonds is 2. The standard InChI is InChI=1S/C15H30/c1-11(2)12(3)14(7,8)15(9,10)13(4,5)6/h1-10H3. The van der Waals surface area contributed by atoms with Crippen LogP contribution in [0.4, 0.5) is 0 Å². The summed E-state index contributed by atoms with van der Waals surface area (Å²) in [5.41, 5.74) is 3.82. The van der Waals surface area contributed by atoms with Crippen LogP contribution in [-0.2, 0) is 0 Å². The van der Waals surface area contributed by atoms with Crippen LogP contribution in [0.3, 0.4) is 0 Å². The molecule has 0 heteroatoms. The highest BCUT2D eigenvalue weighted by Gasteiger charge is 2.46. The van der Waals surface area contributed by atoms with Gasteiger partial charge < -0.3 is 0 Å². The maximum Gasteiger partial charge on any atom is -0.00889 e. The van der Waals surface area contributed by atoms with Gasteiger partial charge in [-0.2, -0.15) is 0 Å². The SMILES string of the molecule is CC(C)=C(C)C(C)(C)C(C)(C)C(C)(C)C. The van der Waals surface area contributed by atoms with Gasteiger partial charge in [-0.1, -0.05) is 59.6 Å². The lowest BCUT2D eigenvalue weighted by molar-refractivity contribution is 0.0172. The molecule has 0 saturated carbocycles. The Kier molecular flexibility index (Phi) is 3.89. The zero-order valence-electron chi connectivity index (χ0n) is 12.5. The third kappa shape index (κ3) is 2.46. The first-order valence-corrected chi connectivity index (χ1v) is 6.00. The number of allylic oxidation sites excluding steroid dienone is 2. The summed E-state index contributed by atoms with van der Waals surface area (Å²) in [6.07, 6.45) is 0. The van der Waals surface area contributed by atoms with Gasteiger partial charge in [-0.25, -0.2) is 0 Å². The molecular weight excluding hydrogens is 180 g/mol. The van der Waals surface area contributed by atoms with Crippen LogP contribution in [0.25, 0.3) is 0 Å². The molecule has 0 aliphatic carbocycles. The molecule has 0 saturated heterocycles. The maximum atomic E-state index is 2.39. The van der Waals surface area contributed by atoms with Crippen LogP contribution < -0.4 is 0 Å². The fraction of sp³-hybridized carbons (Fsp3) is 0.867. The van der Waals surface area contributed by atoms with Gasteiger partial charge in [0.15, 0.2) is 0 Å². The van der Waals surface area contributed by atoms with Crippen molar-refractivity contribution in [3.8, 4) is 0 Å². The van der Waals surface area contributed by atoms with E-state index in [1.807, 2.05) is 0 Å². The second-order valence-electron chi connectivity index (χ2n) is 7.12. The van der Waals surface area contributed by atoms with Crippen LogP contribution in [-0.4, -0.2) is 0 Å². The van der Waals surface area contributed by atoms with Crippen LogP contribution in [0.1, 0.15) is 69.2 Å². The summed E-state index contributed by atoms with van der Waals surface area (Å²) < 4.78 is 0. The maximum absolute atomic E-state index is 2.39. The Labute approximate surface area is 97.2 Å². The molecule has 0 nitrogen and oxygen atoms in total. The van der Waals surface area contributed by atoms with E-state index < -0.39 is 0 Å². The minimum Gasteiger partial charge on any atom is -0.0769 e. The Morgan fingerprint density at radius 3 is 1.20 bits per heavy atom. The average Bonchev–Trinajstić information content (AvgIpc) is 2.00. The molecule has 0 heterocycles. The van der Waals surface area contributed by atoms with E-state index in [1.54, 1.807) is 0 Å². The second-order valence-corrected chi connectivity index (χ2v) is 7.12. The highest BCUT2D eigenvalue weighted by atomic mass is 14.5. The van der Waals surface area contributed by atoms with Crippen molar-refractivity contribution >= 4 is 0 Å². The number of hydrogen-bond acceptors (Lipinski definition) is 0. The molecule has 0 aromatic rings. The van der Waals surface area contributed by atoms with E-state index in [9.17, 15) is 0 Å². The smallest absolute Gasteiger partial charge is 0.00889 e. The van der Waals surface area contributed by atoms with Gasteiger partial charge in [-0.05, 0) is 37.0 Å². The first kappa shape index (κ1) is 14.7. The summed E-state index contributed by atoms with van der Waals surface area (Å²) in [6.45, 7) is 23.3. The van der Waals surface area contributed by atoms with E-state index in [4.69, 9.17) is 0 Å². The Balaban J connectivity index is 5.49. The minimum atomic E-state index is 0.240. The van der Waals surface area contributed by atoms with Crippen LogP contribution in [0, 0.1) is 16.2 Å². The topological polar surface area (TPSA) is 0 Å².